The van der Waals surface area contributed by atoms with E-state index in [1.807, 2.05) is 61.3 Å². The first kappa shape index (κ1) is 25.3. The Morgan fingerprint density at radius 1 is 1.08 bits per heavy atom. The molecule has 0 aliphatic heterocycles. The number of carbonyl (C=O) groups excluding carboxylic acids is 1. The van der Waals surface area contributed by atoms with Crippen molar-refractivity contribution in [3.05, 3.63) is 119 Å². The fourth-order valence-corrected chi connectivity index (χ4v) is 4.67. The number of pyridine rings is 1. The zero-order valence-corrected chi connectivity index (χ0v) is 21.3. The van der Waals surface area contributed by atoms with Crippen LogP contribution in [-0.4, -0.2) is 39.9 Å². The van der Waals surface area contributed by atoms with Crippen LogP contribution < -0.4 is 5.32 Å². The molecule has 0 spiro atoms. The van der Waals surface area contributed by atoms with Crippen LogP contribution in [0, 0.1) is 5.82 Å². The van der Waals surface area contributed by atoms with Gasteiger partial charge in [-0.1, -0.05) is 36.4 Å². The van der Waals surface area contributed by atoms with Gasteiger partial charge >= 0.3 is 0 Å². The number of nitrogens with one attached hydrogen (secondary N) is 1. The molecule has 7 heteroatoms. The predicted octanol–water partition coefficient (Wildman–Crippen LogP) is 5.46. The lowest BCUT2D eigenvalue weighted by Crippen LogP contribution is -2.33. The number of hydrogen-bond acceptors (Lipinski definition) is 4. The van der Waals surface area contributed by atoms with Crippen LogP contribution in [0.3, 0.4) is 0 Å². The third-order valence-electron chi connectivity index (χ3n) is 6.88. The summed E-state index contributed by atoms with van der Waals surface area (Å²) in [5.41, 5.74) is 6.05. The predicted molar refractivity (Wildman–Crippen MR) is 147 cm³/mol. The number of rotatable bonds is 6. The molecule has 0 fully saturated rings. The lowest BCUT2D eigenvalue weighted by Gasteiger charge is -2.20. The fraction of sp³-hybridized carbons (Fsp3) is 0.194. The Labute approximate surface area is 221 Å². The van der Waals surface area contributed by atoms with E-state index in [1.165, 1.54) is 12.1 Å². The van der Waals surface area contributed by atoms with Gasteiger partial charge in [0, 0.05) is 38.0 Å². The maximum absolute atomic E-state index is 13.2. The van der Waals surface area contributed by atoms with Gasteiger partial charge in [0.25, 0.3) is 5.91 Å². The van der Waals surface area contributed by atoms with E-state index in [1.54, 1.807) is 36.7 Å². The molecule has 5 rings (SSSR count). The molecule has 4 aromatic rings. The number of fused-ring (bicyclic) bond motifs is 1. The molecule has 0 saturated carbocycles. The highest BCUT2D eigenvalue weighted by Crippen LogP contribution is 2.34. The van der Waals surface area contributed by atoms with Gasteiger partial charge in [0.1, 0.15) is 11.7 Å². The van der Waals surface area contributed by atoms with E-state index >= 15 is 0 Å². The van der Waals surface area contributed by atoms with Crippen molar-refractivity contribution in [2.24, 2.45) is 4.99 Å². The number of amidine groups is 1. The smallest absolute Gasteiger partial charge is 0.251 e. The van der Waals surface area contributed by atoms with Gasteiger partial charge in [0.2, 0.25) is 0 Å². The van der Waals surface area contributed by atoms with Crippen molar-refractivity contribution in [1.29, 1.82) is 0 Å². The molecule has 0 radical (unpaired) electrons. The molecule has 1 aliphatic carbocycles. The lowest BCUT2D eigenvalue weighted by atomic mass is 10.0. The average Bonchev–Trinajstić information content (AvgIpc) is 3.24. The molecule has 1 aliphatic rings. The van der Waals surface area contributed by atoms with Gasteiger partial charge in [-0.25, -0.2) is 9.38 Å². The molecule has 6 nitrogen and oxygen atoms in total. The molecule has 3 aromatic carbocycles. The van der Waals surface area contributed by atoms with Crippen LogP contribution in [0.1, 0.15) is 40.0 Å². The maximum Gasteiger partial charge on any atom is 0.251 e. The summed E-state index contributed by atoms with van der Waals surface area (Å²) in [4.78, 5) is 23.9. The molecule has 1 amide bonds. The van der Waals surface area contributed by atoms with E-state index in [0.29, 0.717) is 18.5 Å². The van der Waals surface area contributed by atoms with Crippen LogP contribution in [0.25, 0.3) is 11.1 Å². The number of aliphatic imine (C=N–C) groups is 1. The number of hydrogen-bond donors (Lipinski definition) is 2. The van der Waals surface area contributed by atoms with E-state index in [9.17, 15) is 14.3 Å². The zero-order valence-electron chi connectivity index (χ0n) is 21.3. The van der Waals surface area contributed by atoms with Gasteiger partial charge in [-0.05, 0) is 77.2 Å². The first-order valence-electron chi connectivity index (χ1n) is 12.5. The van der Waals surface area contributed by atoms with E-state index in [2.05, 4.69) is 10.3 Å². The molecule has 0 saturated heterocycles. The Morgan fingerprint density at radius 2 is 1.84 bits per heavy atom. The Balaban J connectivity index is 1.30. The monoisotopic (exact) mass is 508 g/mol. The second-order valence-electron chi connectivity index (χ2n) is 9.57. The van der Waals surface area contributed by atoms with Crippen molar-refractivity contribution in [2.45, 2.75) is 32.0 Å². The number of aliphatic hydroxyl groups is 1. The van der Waals surface area contributed by atoms with Crippen molar-refractivity contribution < 1.29 is 14.3 Å². The standard InChI is InChI=1S/C31H29FN4O2/c1-20(36(2)19-21-5-12-26(32)13-6-21)34-27-14-11-24-16-29(37)30(28(24)17-27)35-31(38)23-9-7-22(8-10-23)25-4-3-15-33-18-25/h3-15,17-18,29-30,37H,16,19H2,1-2H3,(H,35,38)/t29-,30-/m1/s1. The van der Waals surface area contributed by atoms with Crippen molar-refractivity contribution in [2.75, 3.05) is 7.05 Å². The molecule has 0 unspecified atom stereocenters. The number of amides is 1. The second-order valence-corrected chi connectivity index (χ2v) is 9.57. The minimum absolute atomic E-state index is 0.247. The summed E-state index contributed by atoms with van der Waals surface area (Å²) >= 11 is 0. The van der Waals surface area contributed by atoms with Gasteiger partial charge < -0.3 is 15.3 Å². The van der Waals surface area contributed by atoms with Gasteiger partial charge in [0.05, 0.1) is 17.8 Å². The molecule has 38 heavy (non-hydrogen) atoms. The molecule has 1 aromatic heterocycles. The number of aliphatic hydroxyl groups excluding tert-OH is 1. The number of carbonyl (C=O) groups is 1. The van der Waals surface area contributed by atoms with Crippen LogP contribution in [0.2, 0.25) is 0 Å². The maximum atomic E-state index is 13.2. The summed E-state index contributed by atoms with van der Waals surface area (Å²) in [5.74, 6) is 0.288. The summed E-state index contributed by atoms with van der Waals surface area (Å²) in [6.07, 6.45) is 3.25. The Kier molecular flexibility index (Phi) is 7.29. The Bertz CT molecular complexity index is 1450. The largest absolute Gasteiger partial charge is 0.390 e. The minimum Gasteiger partial charge on any atom is -0.390 e. The highest BCUT2D eigenvalue weighted by molar-refractivity contribution is 5.95. The fourth-order valence-electron chi connectivity index (χ4n) is 4.67. The van der Waals surface area contributed by atoms with Crippen LogP contribution in [0.15, 0.2) is 96.2 Å². The summed E-state index contributed by atoms with van der Waals surface area (Å²) in [7, 11) is 1.93. The Hall–Kier alpha value is -4.36. The molecular weight excluding hydrogens is 479 g/mol. The lowest BCUT2D eigenvalue weighted by molar-refractivity contribution is 0.0858. The quantitative estimate of drug-likeness (QED) is 0.268. The topological polar surface area (TPSA) is 77.8 Å². The van der Waals surface area contributed by atoms with E-state index < -0.39 is 12.1 Å². The second kappa shape index (κ2) is 10.9. The normalized spacial score (nSPS) is 16.7. The van der Waals surface area contributed by atoms with E-state index in [-0.39, 0.29) is 11.7 Å². The van der Waals surface area contributed by atoms with Gasteiger partial charge in [0.15, 0.2) is 0 Å². The van der Waals surface area contributed by atoms with E-state index in [0.717, 1.165) is 39.3 Å². The molecule has 192 valence electrons. The van der Waals surface area contributed by atoms with E-state index in [4.69, 9.17) is 4.99 Å². The summed E-state index contributed by atoms with van der Waals surface area (Å²) in [6, 6.07) is 22.9. The van der Waals surface area contributed by atoms with Gasteiger partial charge in [-0.2, -0.15) is 0 Å². The first-order valence-corrected chi connectivity index (χ1v) is 12.5. The summed E-state index contributed by atoms with van der Waals surface area (Å²) in [5, 5.41) is 13.8. The first-order chi connectivity index (χ1) is 18.4. The average molecular weight is 509 g/mol. The molecular formula is C31H29FN4O2. The molecule has 2 N–H and O–H groups in total. The molecule has 0 bridgehead atoms. The third kappa shape index (κ3) is 5.63. The van der Waals surface area contributed by atoms with Crippen molar-refractivity contribution in [1.82, 2.24) is 15.2 Å². The van der Waals surface area contributed by atoms with Gasteiger partial charge in [-0.15, -0.1) is 0 Å². The highest BCUT2D eigenvalue weighted by Gasteiger charge is 2.32. The SMILES string of the molecule is CC(=Nc1ccc2c(c1)[C@@H](NC(=O)c1ccc(-c3cccnc3)cc1)[C@H](O)C2)N(C)Cc1ccc(F)cc1. The zero-order chi connectivity index (χ0) is 26.6. The summed E-state index contributed by atoms with van der Waals surface area (Å²) < 4.78 is 13.2. The number of nitrogens with zero attached hydrogens (tertiary/aromatic N) is 3. The van der Waals surface area contributed by atoms with Crippen LogP contribution in [0.5, 0.6) is 0 Å². The van der Waals surface area contributed by atoms with Crippen LogP contribution >= 0.6 is 0 Å². The van der Waals surface area contributed by atoms with Crippen molar-refractivity contribution >= 4 is 17.4 Å². The van der Waals surface area contributed by atoms with Gasteiger partial charge in [-0.3, -0.25) is 9.78 Å². The van der Waals surface area contributed by atoms with Crippen molar-refractivity contribution in [3.63, 3.8) is 0 Å². The molecule has 2 atom stereocenters. The molecule has 1 heterocycles. The van der Waals surface area contributed by atoms with Crippen molar-refractivity contribution in [3.8, 4) is 11.1 Å². The Morgan fingerprint density at radius 3 is 2.55 bits per heavy atom. The van der Waals surface area contributed by atoms with Crippen LogP contribution in [0.4, 0.5) is 10.1 Å². The minimum atomic E-state index is -0.718. The number of benzene rings is 3. The highest BCUT2D eigenvalue weighted by atomic mass is 19.1. The third-order valence-corrected chi connectivity index (χ3v) is 6.88. The summed E-state index contributed by atoms with van der Waals surface area (Å²) in [6.45, 7) is 2.51. The number of halogens is 1. The van der Waals surface area contributed by atoms with Crippen LogP contribution in [-0.2, 0) is 13.0 Å². The number of aromatic nitrogens is 1.